The van der Waals surface area contributed by atoms with Gasteiger partial charge >= 0.3 is 0 Å². The second kappa shape index (κ2) is 6.28. The third kappa shape index (κ3) is 3.95. The summed E-state index contributed by atoms with van der Waals surface area (Å²) in [5.41, 5.74) is 1.10. The molecular formula is C11H13Br2NO. The molecular weight excluding hydrogens is 322 g/mol. The fraction of sp³-hybridized carbons (Fsp3) is 0.364. The maximum absolute atomic E-state index is 11.4. The van der Waals surface area contributed by atoms with Crippen LogP contribution in [0.5, 0.6) is 0 Å². The third-order valence-electron chi connectivity index (χ3n) is 2.07. The zero-order valence-electron chi connectivity index (χ0n) is 8.47. The molecule has 0 saturated carbocycles. The van der Waals surface area contributed by atoms with E-state index < -0.39 is 0 Å². The molecule has 0 bridgehead atoms. The Bertz CT molecular complexity index is 341. The molecule has 0 aliphatic rings. The average molecular weight is 335 g/mol. The van der Waals surface area contributed by atoms with Crippen LogP contribution in [-0.4, -0.2) is 11.2 Å². The van der Waals surface area contributed by atoms with Crippen molar-refractivity contribution in [3.05, 3.63) is 34.3 Å². The highest BCUT2D eigenvalue weighted by atomic mass is 79.9. The fourth-order valence-electron chi connectivity index (χ4n) is 1.30. The van der Waals surface area contributed by atoms with E-state index in [-0.39, 0.29) is 11.9 Å². The largest absolute Gasteiger partial charge is 0.350 e. The molecule has 0 aliphatic carbocycles. The quantitative estimate of drug-likeness (QED) is 0.840. The fourth-order valence-corrected chi connectivity index (χ4v) is 2.29. The predicted octanol–water partition coefficient (Wildman–Crippen LogP) is 3.41. The highest BCUT2D eigenvalue weighted by Crippen LogP contribution is 2.22. The molecule has 1 atom stereocenters. The van der Waals surface area contributed by atoms with Gasteiger partial charge in [-0.2, -0.15) is 0 Å². The highest BCUT2D eigenvalue weighted by Gasteiger charge is 2.10. The molecule has 1 aromatic carbocycles. The van der Waals surface area contributed by atoms with E-state index in [2.05, 4.69) is 37.2 Å². The van der Waals surface area contributed by atoms with Crippen molar-refractivity contribution in [2.75, 3.05) is 5.33 Å². The molecule has 0 aromatic heterocycles. The van der Waals surface area contributed by atoms with E-state index >= 15 is 0 Å². The van der Waals surface area contributed by atoms with Crippen LogP contribution >= 0.6 is 31.9 Å². The Hall–Kier alpha value is -0.350. The van der Waals surface area contributed by atoms with Gasteiger partial charge in [-0.15, -0.1) is 0 Å². The molecule has 0 spiro atoms. The van der Waals surface area contributed by atoms with E-state index in [0.717, 1.165) is 10.0 Å². The van der Waals surface area contributed by atoms with Gasteiger partial charge in [0.25, 0.3) is 0 Å². The molecule has 0 fully saturated rings. The lowest BCUT2D eigenvalue weighted by molar-refractivity contribution is -0.121. The molecule has 2 nitrogen and oxygen atoms in total. The molecule has 0 heterocycles. The lowest BCUT2D eigenvalue weighted by Crippen LogP contribution is -2.26. The van der Waals surface area contributed by atoms with Gasteiger partial charge in [0, 0.05) is 16.2 Å². The Morgan fingerprint density at radius 1 is 1.47 bits per heavy atom. The van der Waals surface area contributed by atoms with Crippen molar-refractivity contribution in [3.8, 4) is 0 Å². The van der Waals surface area contributed by atoms with Gasteiger partial charge in [0.1, 0.15) is 0 Å². The second-order valence-electron chi connectivity index (χ2n) is 3.25. The summed E-state index contributed by atoms with van der Waals surface area (Å²) < 4.78 is 1.02. The van der Waals surface area contributed by atoms with E-state index in [0.29, 0.717) is 11.8 Å². The van der Waals surface area contributed by atoms with E-state index in [1.165, 1.54) is 0 Å². The first-order valence-corrected chi connectivity index (χ1v) is 6.66. The molecule has 1 N–H and O–H groups in total. The molecule has 82 valence electrons. The smallest absolute Gasteiger partial charge is 0.221 e. The van der Waals surface area contributed by atoms with Gasteiger partial charge in [0.2, 0.25) is 5.91 Å². The maximum Gasteiger partial charge on any atom is 0.221 e. The van der Waals surface area contributed by atoms with E-state index in [1.54, 1.807) is 0 Å². The van der Waals surface area contributed by atoms with Crippen molar-refractivity contribution in [2.45, 2.75) is 19.4 Å². The number of carbonyl (C=O) groups is 1. The molecule has 0 unspecified atom stereocenters. The van der Waals surface area contributed by atoms with Crippen LogP contribution in [0.2, 0.25) is 0 Å². The molecule has 0 radical (unpaired) electrons. The lowest BCUT2D eigenvalue weighted by Gasteiger charge is -2.15. The van der Waals surface area contributed by atoms with Crippen LogP contribution < -0.4 is 5.32 Å². The number of amides is 1. The van der Waals surface area contributed by atoms with Crippen LogP contribution in [0.15, 0.2) is 28.7 Å². The Balaban J connectivity index is 2.65. The standard InChI is InChI=1S/C11H13Br2NO/c1-8(14-11(15)6-7-12)9-4-2-3-5-10(9)13/h2-5,8H,6-7H2,1H3,(H,14,15)/t8-/m0/s1. The summed E-state index contributed by atoms with van der Waals surface area (Å²) in [6, 6.07) is 7.94. The van der Waals surface area contributed by atoms with Crippen LogP contribution in [0.3, 0.4) is 0 Å². The Kier molecular flexibility index (Phi) is 5.32. The minimum absolute atomic E-state index is 0.0344. The van der Waals surface area contributed by atoms with E-state index in [9.17, 15) is 4.79 Å². The minimum Gasteiger partial charge on any atom is -0.350 e. The monoisotopic (exact) mass is 333 g/mol. The summed E-state index contributed by atoms with van der Waals surface area (Å²) in [7, 11) is 0. The number of carbonyl (C=O) groups excluding carboxylic acids is 1. The SMILES string of the molecule is C[C@H](NC(=O)CCBr)c1ccccc1Br. The molecule has 15 heavy (non-hydrogen) atoms. The van der Waals surface area contributed by atoms with Crippen LogP contribution in [0.25, 0.3) is 0 Å². The van der Waals surface area contributed by atoms with Crippen molar-refractivity contribution in [1.29, 1.82) is 0 Å². The van der Waals surface area contributed by atoms with Crippen molar-refractivity contribution < 1.29 is 4.79 Å². The summed E-state index contributed by atoms with van der Waals surface area (Å²) in [5.74, 6) is 0.0649. The zero-order valence-corrected chi connectivity index (χ0v) is 11.6. The number of nitrogens with one attached hydrogen (secondary N) is 1. The topological polar surface area (TPSA) is 29.1 Å². The minimum atomic E-state index is 0.0344. The van der Waals surface area contributed by atoms with Gasteiger partial charge in [-0.25, -0.2) is 0 Å². The van der Waals surface area contributed by atoms with Crippen molar-refractivity contribution in [3.63, 3.8) is 0 Å². The van der Waals surface area contributed by atoms with Crippen molar-refractivity contribution in [2.24, 2.45) is 0 Å². The summed E-state index contributed by atoms with van der Waals surface area (Å²) in [5, 5.41) is 3.63. The number of halogens is 2. The summed E-state index contributed by atoms with van der Waals surface area (Å²) >= 11 is 6.71. The van der Waals surface area contributed by atoms with Crippen LogP contribution in [0, 0.1) is 0 Å². The summed E-state index contributed by atoms with van der Waals surface area (Å²) in [4.78, 5) is 11.4. The zero-order chi connectivity index (χ0) is 11.3. The van der Waals surface area contributed by atoms with Gasteiger partial charge in [0.05, 0.1) is 6.04 Å². The van der Waals surface area contributed by atoms with Gasteiger partial charge in [-0.1, -0.05) is 50.1 Å². The first-order valence-electron chi connectivity index (χ1n) is 4.75. The first-order chi connectivity index (χ1) is 7.15. The van der Waals surface area contributed by atoms with Gasteiger partial charge < -0.3 is 5.32 Å². The Morgan fingerprint density at radius 3 is 2.73 bits per heavy atom. The molecule has 1 amide bonds. The number of alkyl halides is 1. The number of hydrogen-bond donors (Lipinski definition) is 1. The predicted molar refractivity (Wildman–Crippen MR) is 69.1 cm³/mol. The third-order valence-corrected chi connectivity index (χ3v) is 3.19. The number of hydrogen-bond acceptors (Lipinski definition) is 1. The second-order valence-corrected chi connectivity index (χ2v) is 4.90. The van der Waals surface area contributed by atoms with Crippen molar-refractivity contribution in [1.82, 2.24) is 5.32 Å². The highest BCUT2D eigenvalue weighted by molar-refractivity contribution is 9.10. The molecule has 1 rings (SSSR count). The van der Waals surface area contributed by atoms with Crippen LogP contribution in [0.1, 0.15) is 24.9 Å². The van der Waals surface area contributed by atoms with E-state index in [4.69, 9.17) is 0 Å². The molecule has 0 saturated heterocycles. The van der Waals surface area contributed by atoms with Crippen LogP contribution in [-0.2, 0) is 4.79 Å². The van der Waals surface area contributed by atoms with E-state index in [1.807, 2.05) is 31.2 Å². The Labute approximate surface area is 107 Å². The normalized spacial score (nSPS) is 12.2. The number of benzene rings is 1. The van der Waals surface area contributed by atoms with Gasteiger partial charge in [-0.3, -0.25) is 4.79 Å². The molecule has 1 aromatic rings. The molecule has 4 heteroatoms. The van der Waals surface area contributed by atoms with Crippen molar-refractivity contribution >= 4 is 37.8 Å². The molecule has 0 aliphatic heterocycles. The average Bonchev–Trinajstić information content (AvgIpc) is 2.18. The van der Waals surface area contributed by atoms with Gasteiger partial charge in [-0.05, 0) is 18.6 Å². The lowest BCUT2D eigenvalue weighted by atomic mass is 10.1. The van der Waals surface area contributed by atoms with Crippen LogP contribution in [0.4, 0.5) is 0 Å². The summed E-state index contributed by atoms with van der Waals surface area (Å²) in [6.07, 6.45) is 0.509. The maximum atomic E-state index is 11.4. The summed E-state index contributed by atoms with van der Waals surface area (Å²) in [6.45, 7) is 1.98. The first kappa shape index (κ1) is 12.7. The number of rotatable bonds is 4. The Morgan fingerprint density at radius 2 is 2.13 bits per heavy atom. The van der Waals surface area contributed by atoms with Gasteiger partial charge in [0.15, 0.2) is 0 Å².